The van der Waals surface area contributed by atoms with Gasteiger partial charge in [0.05, 0.1) is 13.2 Å². The highest BCUT2D eigenvalue weighted by Crippen LogP contribution is 2.28. The average molecular weight is 380 g/mol. The van der Waals surface area contributed by atoms with E-state index in [1.165, 1.54) is 19.3 Å². The molecule has 0 saturated heterocycles. The van der Waals surface area contributed by atoms with E-state index in [2.05, 4.69) is 35.9 Å². The van der Waals surface area contributed by atoms with Gasteiger partial charge in [-0.1, -0.05) is 12.1 Å². The van der Waals surface area contributed by atoms with Crippen LogP contribution in [0.15, 0.2) is 29.3 Å². The van der Waals surface area contributed by atoms with Crippen LogP contribution in [0.25, 0.3) is 0 Å². The molecule has 0 heterocycles. The smallest absolute Gasteiger partial charge is 0.191 e. The molecule has 1 aliphatic carbocycles. The molecule has 1 fully saturated rings. The molecular weight excluding hydrogens is 346 g/mol. The fourth-order valence-electron chi connectivity index (χ4n) is 3.10. The predicted molar refractivity (Wildman–Crippen MR) is 111 cm³/mol. The van der Waals surface area contributed by atoms with Gasteiger partial charge in [-0.05, 0) is 50.1 Å². The molecule has 2 rings (SSSR count). The molecule has 26 heavy (non-hydrogen) atoms. The molecule has 5 nitrogen and oxygen atoms in total. The maximum atomic E-state index is 5.77. The van der Waals surface area contributed by atoms with Crippen LogP contribution in [0.3, 0.4) is 0 Å². The van der Waals surface area contributed by atoms with Crippen LogP contribution in [0.4, 0.5) is 0 Å². The zero-order valence-corrected chi connectivity index (χ0v) is 17.1. The van der Waals surface area contributed by atoms with Crippen LogP contribution in [0, 0.1) is 0 Å². The largest absolute Gasteiger partial charge is 0.493 e. The van der Waals surface area contributed by atoms with Crippen molar-refractivity contribution < 1.29 is 9.47 Å². The van der Waals surface area contributed by atoms with E-state index in [1.54, 1.807) is 7.11 Å². The molecule has 2 N–H and O–H groups in total. The first-order valence-electron chi connectivity index (χ1n) is 9.53. The lowest BCUT2D eigenvalue weighted by Gasteiger charge is -2.17. The van der Waals surface area contributed by atoms with E-state index < -0.39 is 0 Å². The summed E-state index contributed by atoms with van der Waals surface area (Å²) in [5.41, 5.74) is 1.15. The molecule has 2 atom stereocenters. The van der Waals surface area contributed by atoms with Gasteiger partial charge in [0.1, 0.15) is 5.75 Å². The fourth-order valence-corrected chi connectivity index (χ4v) is 3.89. The summed E-state index contributed by atoms with van der Waals surface area (Å²) in [6.07, 6.45) is 6.83. The molecule has 0 spiro atoms. The summed E-state index contributed by atoms with van der Waals surface area (Å²) in [5, 5.41) is 7.74. The Morgan fingerprint density at radius 3 is 2.92 bits per heavy atom. The number of nitrogens with zero attached hydrogens (tertiary/aromatic N) is 1. The van der Waals surface area contributed by atoms with E-state index in [9.17, 15) is 0 Å². The van der Waals surface area contributed by atoms with Crippen molar-refractivity contribution in [3.8, 4) is 5.75 Å². The van der Waals surface area contributed by atoms with Gasteiger partial charge in [0.15, 0.2) is 5.96 Å². The van der Waals surface area contributed by atoms with Crippen LogP contribution in [0.2, 0.25) is 0 Å². The number of nitrogens with one attached hydrogen (secondary N) is 2. The highest BCUT2D eigenvalue weighted by Gasteiger charge is 2.24. The lowest BCUT2D eigenvalue weighted by atomic mass is 10.2. The molecule has 0 aromatic heterocycles. The summed E-state index contributed by atoms with van der Waals surface area (Å²) in [6, 6.07) is 8.70. The first kappa shape index (κ1) is 20.9. The van der Waals surface area contributed by atoms with Gasteiger partial charge < -0.3 is 20.1 Å². The Bertz CT molecular complexity index is 554. The van der Waals surface area contributed by atoms with Gasteiger partial charge in [-0.25, -0.2) is 4.99 Å². The van der Waals surface area contributed by atoms with Gasteiger partial charge in [0, 0.05) is 38.0 Å². The first-order valence-corrected chi connectivity index (χ1v) is 10.8. The molecule has 146 valence electrons. The Balaban J connectivity index is 1.87. The molecule has 1 aliphatic rings. The third-order valence-electron chi connectivity index (χ3n) is 4.48. The summed E-state index contributed by atoms with van der Waals surface area (Å²) < 4.78 is 10.8. The Morgan fingerprint density at radius 2 is 2.19 bits per heavy atom. The lowest BCUT2D eigenvalue weighted by molar-refractivity contribution is 0.172. The van der Waals surface area contributed by atoms with Crippen molar-refractivity contribution in [2.24, 2.45) is 4.99 Å². The van der Waals surface area contributed by atoms with E-state index in [-0.39, 0.29) is 0 Å². The minimum absolute atomic E-state index is 0.528. The third-order valence-corrected chi connectivity index (χ3v) is 5.58. The maximum Gasteiger partial charge on any atom is 0.191 e. The van der Waals surface area contributed by atoms with Crippen molar-refractivity contribution in [2.75, 3.05) is 33.1 Å². The zero-order valence-electron chi connectivity index (χ0n) is 16.3. The van der Waals surface area contributed by atoms with Gasteiger partial charge in [-0.2, -0.15) is 11.8 Å². The van der Waals surface area contributed by atoms with E-state index in [1.807, 2.05) is 23.9 Å². The Morgan fingerprint density at radius 1 is 1.31 bits per heavy atom. The average Bonchev–Trinajstić information content (AvgIpc) is 3.11. The van der Waals surface area contributed by atoms with Gasteiger partial charge >= 0.3 is 0 Å². The maximum absolute atomic E-state index is 5.77. The van der Waals surface area contributed by atoms with Gasteiger partial charge in [0.25, 0.3) is 0 Å². The normalized spacial score (nSPS) is 20.2. The lowest BCUT2D eigenvalue weighted by Crippen LogP contribution is -2.42. The van der Waals surface area contributed by atoms with Gasteiger partial charge in [-0.15, -0.1) is 0 Å². The molecule has 1 aromatic carbocycles. The van der Waals surface area contributed by atoms with Crippen LogP contribution in [-0.4, -0.2) is 50.4 Å². The number of ether oxygens (including phenoxy) is 2. The second-order valence-electron chi connectivity index (χ2n) is 6.55. The molecule has 1 aromatic rings. The van der Waals surface area contributed by atoms with Crippen LogP contribution >= 0.6 is 11.8 Å². The number of benzene rings is 1. The van der Waals surface area contributed by atoms with E-state index in [0.29, 0.717) is 19.2 Å². The number of hydrogen-bond donors (Lipinski definition) is 2. The van der Waals surface area contributed by atoms with Gasteiger partial charge in [0.2, 0.25) is 0 Å². The third kappa shape index (κ3) is 7.46. The minimum Gasteiger partial charge on any atom is -0.493 e. The Kier molecular flexibility index (Phi) is 9.71. The van der Waals surface area contributed by atoms with Crippen molar-refractivity contribution in [3.05, 3.63) is 29.8 Å². The second kappa shape index (κ2) is 12.1. The number of thioether (sulfide) groups is 1. The quantitative estimate of drug-likeness (QED) is 0.370. The number of guanidine groups is 1. The molecule has 0 radical (unpaired) electrons. The van der Waals surface area contributed by atoms with E-state index in [0.717, 1.165) is 42.1 Å². The van der Waals surface area contributed by atoms with Crippen LogP contribution in [-0.2, 0) is 11.3 Å². The standard InChI is InChI=1S/C20H33N3O2S/c1-4-21-20(23-17-9-10-19(14-17)26-3)22-15-16-7-5-8-18(13-16)25-12-6-11-24-2/h5,7-8,13,17,19H,4,6,9-12,14-15H2,1-3H3,(H2,21,22,23). The molecule has 0 amide bonds. The number of rotatable bonds is 10. The van der Waals surface area contributed by atoms with Crippen LogP contribution in [0.1, 0.15) is 38.2 Å². The summed E-state index contributed by atoms with van der Waals surface area (Å²) in [5.74, 6) is 1.80. The second-order valence-corrected chi connectivity index (χ2v) is 7.69. The molecule has 1 saturated carbocycles. The SMILES string of the molecule is CCNC(=NCc1cccc(OCCCOC)c1)NC1CCC(SC)C1. The molecule has 6 heteroatoms. The van der Waals surface area contributed by atoms with Crippen molar-refractivity contribution in [2.45, 2.75) is 50.4 Å². The molecular formula is C20H33N3O2S. The van der Waals surface area contributed by atoms with Crippen LogP contribution in [0.5, 0.6) is 5.75 Å². The van der Waals surface area contributed by atoms with E-state index >= 15 is 0 Å². The molecule has 0 bridgehead atoms. The number of methoxy groups -OCH3 is 1. The zero-order chi connectivity index (χ0) is 18.6. The first-order chi connectivity index (χ1) is 12.7. The monoisotopic (exact) mass is 379 g/mol. The summed E-state index contributed by atoms with van der Waals surface area (Å²) in [7, 11) is 1.71. The fraction of sp³-hybridized carbons (Fsp3) is 0.650. The molecule has 2 unspecified atom stereocenters. The summed E-state index contributed by atoms with van der Waals surface area (Å²) in [6.45, 7) is 5.00. The predicted octanol–water partition coefficient (Wildman–Crippen LogP) is 3.44. The summed E-state index contributed by atoms with van der Waals surface area (Å²) in [4.78, 5) is 4.76. The topological polar surface area (TPSA) is 54.9 Å². The van der Waals surface area contributed by atoms with Gasteiger partial charge in [-0.3, -0.25) is 0 Å². The highest BCUT2D eigenvalue weighted by molar-refractivity contribution is 7.99. The van der Waals surface area contributed by atoms with Crippen molar-refractivity contribution >= 4 is 17.7 Å². The Hall–Kier alpha value is -1.40. The minimum atomic E-state index is 0.528. The van der Waals surface area contributed by atoms with Crippen molar-refractivity contribution in [1.82, 2.24) is 10.6 Å². The van der Waals surface area contributed by atoms with Crippen LogP contribution < -0.4 is 15.4 Å². The summed E-state index contributed by atoms with van der Waals surface area (Å²) >= 11 is 1.98. The number of hydrogen-bond acceptors (Lipinski definition) is 4. The van der Waals surface area contributed by atoms with E-state index in [4.69, 9.17) is 14.5 Å². The molecule has 0 aliphatic heterocycles. The van der Waals surface area contributed by atoms with Crippen molar-refractivity contribution in [3.63, 3.8) is 0 Å². The van der Waals surface area contributed by atoms with Crippen molar-refractivity contribution in [1.29, 1.82) is 0 Å². The highest BCUT2D eigenvalue weighted by atomic mass is 32.2. The number of aliphatic imine (C=N–C) groups is 1. The Labute approximate surface area is 162 Å².